The van der Waals surface area contributed by atoms with Crippen LogP contribution in [0.3, 0.4) is 0 Å². The lowest BCUT2D eigenvalue weighted by Gasteiger charge is -2.22. The van der Waals surface area contributed by atoms with Gasteiger partial charge in [-0.1, -0.05) is 0 Å². The van der Waals surface area contributed by atoms with Crippen molar-refractivity contribution < 1.29 is 13.2 Å². The summed E-state index contributed by atoms with van der Waals surface area (Å²) < 4.78 is 36.8. The third-order valence-electron chi connectivity index (χ3n) is 2.19. The largest absolute Gasteiger partial charge is 0.405 e. The molecule has 16 heavy (non-hydrogen) atoms. The Labute approximate surface area is 94.4 Å². The topological polar surface area (TPSA) is 30.3 Å². The molecule has 0 aliphatic heterocycles. The Morgan fingerprint density at radius 3 is 2.12 bits per heavy atom. The highest BCUT2D eigenvalue weighted by Crippen LogP contribution is 2.26. The molecule has 0 rings (SSSR count). The molecule has 1 unspecified atom stereocenters. The van der Waals surface area contributed by atoms with Gasteiger partial charge in [-0.25, -0.2) is 0 Å². The molecule has 3 nitrogen and oxygen atoms in total. The monoisotopic (exact) mass is 237 g/mol. The Morgan fingerprint density at radius 2 is 1.75 bits per heavy atom. The molecule has 0 aliphatic carbocycles. The number of nitrogens with zero attached hydrogens (tertiary/aromatic N) is 3. The van der Waals surface area contributed by atoms with E-state index in [0.29, 0.717) is 6.54 Å². The number of hydrogen-bond donors (Lipinski definition) is 0. The van der Waals surface area contributed by atoms with E-state index in [2.05, 4.69) is 0 Å². The van der Waals surface area contributed by atoms with E-state index in [-0.39, 0.29) is 6.54 Å². The molecule has 0 aromatic heterocycles. The minimum atomic E-state index is -4.43. The average Bonchev–Trinajstić information content (AvgIpc) is 2.11. The Bertz CT molecular complexity index is 232. The van der Waals surface area contributed by atoms with Gasteiger partial charge < -0.3 is 9.80 Å². The normalized spacial score (nSPS) is 14.2. The number of rotatable bonds is 6. The maximum Gasteiger partial charge on any atom is 0.405 e. The summed E-state index contributed by atoms with van der Waals surface area (Å²) in [4.78, 5) is 3.52. The van der Waals surface area contributed by atoms with Gasteiger partial charge in [0, 0.05) is 6.54 Å². The molecular weight excluding hydrogens is 219 g/mol. The number of alkyl halides is 3. The first-order chi connectivity index (χ1) is 7.27. The predicted molar refractivity (Wildman–Crippen MR) is 55.8 cm³/mol. The molecule has 0 aromatic rings. The molecule has 0 saturated carbocycles. The van der Waals surface area contributed by atoms with Crippen molar-refractivity contribution >= 4 is 0 Å². The molecule has 0 bridgehead atoms. The summed E-state index contributed by atoms with van der Waals surface area (Å²) in [5.74, 6) is -1.89. The van der Waals surface area contributed by atoms with E-state index in [0.717, 1.165) is 13.0 Å². The molecule has 0 aliphatic rings. The summed E-state index contributed by atoms with van der Waals surface area (Å²) in [6, 6.07) is 1.30. The molecule has 0 radical (unpaired) electrons. The molecule has 0 amide bonds. The van der Waals surface area contributed by atoms with Gasteiger partial charge in [-0.15, -0.1) is 0 Å². The molecule has 0 spiro atoms. The lowest BCUT2D eigenvalue weighted by molar-refractivity contribution is -0.162. The van der Waals surface area contributed by atoms with Crippen molar-refractivity contribution in [1.82, 2.24) is 9.80 Å². The highest BCUT2D eigenvalue weighted by Gasteiger charge is 2.40. The second-order valence-electron chi connectivity index (χ2n) is 4.14. The standard InChI is InChI=1S/C10H18F3N3/c1-15(2)5-4-6-16(3)8-9(7-14)10(11,12)13/h9H,4-6,8H2,1-3H3. The van der Waals surface area contributed by atoms with Crippen molar-refractivity contribution in [2.45, 2.75) is 12.6 Å². The first-order valence-electron chi connectivity index (χ1n) is 5.07. The van der Waals surface area contributed by atoms with Gasteiger partial charge in [0.25, 0.3) is 0 Å². The smallest absolute Gasteiger partial charge is 0.309 e. The zero-order chi connectivity index (χ0) is 12.8. The van der Waals surface area contributed by atoms with Crippen molar-refractivity contribution in [3.63, 3.8) is 0 Å². The fraction of sp³-hybridized carbons (Fsp3) is 0.900. The molecule has 94 valence electrons. The number of hydrogen-bond acceptors (Lipinski definition) is 3. The second-order valence-corrected chi connectivity index (χ2v) is 4.14. The third kappa shape index (κ3) is 6.64. The van der Waals surface area contributed by atoms with Crippen LogP contribution >= 0.6 is 0 Å². The summed E-state index contributed by atoms with van der Waals surface area (Å²) >= 11 is 0. The van der Waals surface area contributed by atoms with Gasteiger partial charge in [-0.3, -0.25) is 0 Å². The summed E-state index contributed by atoms with van der Waals surface area (Å²) in [5, 5.41) is 8.42. The fourth-order valence-corrected chi connectivity index (χ4v) is 1.28. The lowest BCUT2D eigenvalue weighted by atomic mass is 10.1. The van der Waals surface area contributed by atoms with Crippen molar-refractivity contribution in [2.75, 3.05) is 40.8 Å². The second kappa shape index (κ2) is 6.71. The summed E-state index contributed by atoms with van der Waals surface area (Å²) in [6.45, 7) is 1.13. The Morgan fingerprint density at radius 1 is 1.19 bits per heavy atom. The van der Waals surface area contributed by atoms with Crippen LogP contribution in [-0.2, 0) is 0 Å². The molecule has 1 atom stereocenters. The average molecular weight is 237 g/mol. The highest BCUT2D eigenvalue weighted by atomic mass is 19.4. The minimum absolute atomic E-state index is 0.257. The summed E-state index contributed by atoms with van der Waals surface area (Å²) in [6.07, 6.45) is -3.63. The Hall–Kier alpha value is -0.800. The van der Waals surface area contributed by atoms with Crippen molar-refractivity contribution in [3.05, 3.63) is 0 Å². The van der Waals surface area contributed by atoms with Crippen molar-refractivity contribution in [1.29, 1.82) is 5.26 Å². The zero-order valence-electron chi connectivity index (χ0n) is 9.88. The summed E-state index contributed by atoms with van der Waals surface area (Å²) in [5.41, 5.74) is 0. The van der Waals surface area contributed by atoms with E-state index in [9.17, 15) is 13.2 Å². The third-order valence-corrected chi connectivity index (χ3v) is 2.19. The van der Waals surface area contributed by atoms with Crippen LogP contribution in [-0.4, -0.2) is 56.8 Å². The number of nitriles is 1. The van der Waals surface area contributed by atoms with Crippen LogP contribution in [0.5, 0.6) is 0 Å². The van der Waals surface area contributed by atoms with Crippen LogP contribution in [0.15, 0.2) is 0 Å². The quantitative estimate of drug-likeness (QED) is 0.702. The van der Waals surface area contributed by atoms with Crippen LogP contribution in [0, 0.1) is 17.2 Å². The Balaban J connectivity index is 3.94. The van der Waals surface area contributed by atoms with Crippen LogP contribution < -0.4 is 0 Å². The first-order valence-corrected chi connectivity index (χ1v) is 5.07. The van der Waals surface area contributed by atoms with E-state index in [4.69, 9.17) is 5.26 Å². The van der Waals surface area contributed by atoms with Gasteiger partial charge in [-0.05, 0) is 40.7 Å². The minimum Gasteiger partial charge on any atom is -0.309 e. The highest BCUT2D eigenvalue weighted by molar-refractivity contribution is 4.90. The molecule has 0 saturated heterocycles. The number of halogens is 3. The SMILES string of the molecule is CN(C)CCCN(C)CC(C#N)C(F)(F)F. The van der Waals surface area contributed by atoms with E-state index in [1.54, 1.807) is 11.9 Å². The van der Waals surface area contributed by atoms with E-state index >= 15 is 0 Å². The molecule has 0 fully saturated rings. The van der Waals surface area contributed by atoms with E-state index in [1.807, 2.05) is 19.0 Å². The van der Waals surface area contributed by atoms with Gasteiger partial charge in [0.05, 0.1) is 6.07 Å². The molecule has 6 heteroatoms. The van der Waals surface area contributed by atoms with Gasteiger partial charge in [0.2, 0.25) is 0 Å². The maximum absolute atomic E-state index is 12.3. The van der Waals surface area contributed by atoms with Crippen LogP contribution in [0.1, 0.15) is 6.42 Å². The van der Waals surface area contributed by atoms with Gasteiger partial charge in [0.1, 0.15) is 0 Å². The van der Waals surface area contributed by atoms with Gasteiger partial charge in [-0.2, -0.15) is 18.4 Å². The molecule has 0 heterocycles. The lowest BCUT2D eigenvalue weighted by Crippen LogP contribution is -2.35. The molecule has 0 N–H and O–H groups in total. The van der Waals surface area contributed by atoms with Gasteiger partial charge >= 0.3 is 6.18 Å². The van der Waals surface area contributed by atoms with Crippen LogP contribution in [0.4, 0.5) is 13.2 Å². The fourth-order valence-electron chi connectivity index (χ4n) is 1.28. The zero-order valence-corrected chi connectivity index (χ0v) is 9.88. The maximum atomic E-state index is 12.3. The molecular formula is C10H18F3N3. The van der Waals surface area contributed by atoms with E-state index in [1.165, 1.54) is 6.07 Å². The van der Waals surface area contributed by atoms with Crippen LogP contribution in [0.2, 0.25) is 0 Å². The van der Waals surface area contributed by atoms with Gasteiger partial charge in [0.15, 0.2) is 5.92 Å². The predicted octanol–water partition coefficient (Wildman–Crippen LogP) is 1.57. The van der Waals surface area contributed by atoms with Crippen molar-refractivity contribution in [3.8, 4) is 6.07 Å². The van der Waals surface area contributed by atoms with Crippen molar-refractivity contribution in [2.24, 2.45) is 5.92 Å². The van der Waals surface area contributed by atoms with E-state index < -0.39 is 12.1 Å². The first kappa shape index (κ1) is 15.2. The summed E-state index contributed by atoms with van der Waals surface area (Å²) in [7, 11) is 5.42. The molecule has 0 aromatic carbocycles. The van der Waals surface area contributed by atoms with Crippen LogP contribution in [0.25, 0.3) is 0 Å². The Kier molecular flexibility index (Phi) is 6.38.